The van der Waals surface area contributed by atoms with E-state index < -0.39 is 0 Å². The van der Waals surface area contributed by atoms with Crippen molar-refractivity contribution >= 4 is 11.4 Å². The lowest BCUT2D eigenvalue weighted by Crippen LogP contribution is -3.61. The van der Waals surface area contributed by atoms with E-state index in [1.165, 1.54) is 18.5 Å². The van der Waals surface area contributed by atoms with E-state index in [9.17, 15) is 0 Å². The van der Waals surface area contributed by atoms with E-state index in [1.54, 1.807) is 0 Å². The van der Waals surface area contributed by atoms with Crippen LogP contribution in [-0.2, 0) is 0 Å². The molecule has 2 nitrogen and oxygen atoms in total. The molecule has 0 fully saturated rings. The van der Waals surface area contributed by atoms with E-state index in [0.717, 1.165) is 0 Å². The summed E-state index contributed by atoms with van der Waals surface area (Å²) in [5, 5.41) is 0. The van der Waals surface area contributed by atoms with Gasteiger partial charge in [0.05, 0.1) is 0 Å². The summed E-state index contributed by atoms with van der Waals surface area (Å²) in [5.74, 6) is 0. The molecule has 0 aliphatic rings. The molecule has 100 valence electrons. The second-order valence-electron chi connectivity index (χ2n) is 4.84. The fraction of sp³-hybridized carbons (Fsp3) is 0.250. The number of hydrogen-bond donors (Lipinski definition) is 0. The van der Waals surface area contributed by atoms with Crippen molar-refractivity contribution in [1.82, 2.24) is 0 Å². The summed E-state index contributed by atoms with van der Waals surface area (Å²) >= 11 is -0.0736. The number of benzene rings is 2. The van der Waals surface area contributed by atoms with Gasteiger partial charge in [0.15, 0.2) is 7.14 Å². The molecule has 3 heteroatoms. The first-order chi connectivity index (χ1) is 9.06. The summed E-state index contributed by atoms with van der Waals surface area (Å²) in [4.78, 5) is 4.27. The Bertz CT molecular complexity index is 466. The Morgan fingerprint density at radius 1 is 0.579 bits per heavy atom. The predicted molar refractivity (Wildman–Crippen MR) is 78.9 cm³/mol. The molecule has 0 atom stereocenters. The lowest BCUT2D eigenvalue weighted by molar-refractivity contribution is -0.597. The molecule has 0 spiro atoms. The first kappa shape index (κ1) is 14.2. The number of halogens is 1. The molecule has 0 aromatic heterocycles. The molecule has 0 aliphatic carbocycles. The van der Waals surface area contributed by atoms with E-state index in [1.807, 2.05) is 0 Å². The normalized spacial score (nSPS) is 10.3. The highest BCUT2D eigenvalue weighted by molar-refractivity contribution is 5.44. The minimum atomic E-state index is -0.0736. The molecule has 0 heterocycles. The van der Waals surface area contributed by atoms with Crippen molar-refractivity contribution in [3.63, 3.8) is 0 Å². The number of nitrogens with zero attached hydrogens (tertiary/aromatic N) is 2. The maximum absolute atomic E-state index is 2.25. The fourth-order valence-electron chi connectivity index (χ4n) is 1.73. The minimum Gasteiger partial charge on any atom is -0.378 e. The van der Waals surface area contributed by atoms with Crippen LogP contribution < -0.4 is 31.0 Å². The van der Waals surface area contributed by atoms with Crippen LogP contribution in [0.25, 0.3) is 0 Å². The van der Waals surface area contributed by atoms with Crippen molar-refractivity contribution in [3.8, 4) is 0 Å². The van der Waals surface area contributed by atoms with Crippen molar-refractivity contribution in [3.05, 3.63) is 55.7 Å². The van der Waals surface area contributed by atoms with Crippen LogP contribution in [0.1, 0.15) is 0 Å². The lowest BCUT2D eigenvalue weighted by Gasteiger charge is -2.11. The van der Waals surface area contributed by atoms with Crippen molar-refractivity contribution in [2.45, 2.75) is 0 Å². The molecular formula is C16H20IN2+. The standard InChI is InChI=1S/C16H20IN2/c1-18(2)15-9-5-13(6-10-15)17-14-7-11-16(12-8-14)19(3)4/h5-12H,1-4H3/q+1. The molecule has 2 rings (SSSR count). The molecule has 0 amide bonds. The summed E-state index contributed by atoms with van der Waals surface area (Å²) in [6, 6.07) is 17.8. The largest absolute Gasteiger partial charge is 0.378 e. The van der Waals surface area contributed by atoms with Crippen LogP contribution in [0.3, 0.4) is 0 Å². The zero-order valence-electron chi connectivity index (χ0n) is 11.9. The van der Waals surface area contributed by atoms with E-state index in [-0.39, 0.29) is 21.2 Å². The van der Waals surface area contributed by atoms with Gasteiger partial charge in [-0.2, -0.15) is 0 Å². The third-order valence-corrected chi connectivity index (χ3v) is 5.59. The quantitative estimate of drug-likeness (QED) is 0.700. The first-order valence-corrected chi connectivity index (χ1v) is 8.41. The maximum Gasteiger partial charge on any atom is 0.357 e. The van der Waals surface area contributed by atoms with E-state index in [2.05, 4.69) is 86.5 Å². The monoisotopic (exact) mass is 367 g/mol. The van der Waals surface area contributed by atoms with Crippen molar-refractivity contribution in [2.75, 3.05) is 38.0 Å². The maximum atomic E-state index is 2.25. The van der Waals surface area contributed by atoms with Gasteiger partial charge in [0.2, 0.25) is 0 Å². The van der Waals surface area contributed by atoms with Gasteiger partial charge in [-0.25, -0.2) is 0 Å². The highest BCUT2D eigenvalue weighted by Crippen LogP contribution is 2.09. The Balaban J connectivity index is 2.08. The third kappa shape index (κ3) is 3.86. The number of anilines is 2. The smallest absolute Gasteiger partial charge is 0.357 e. The SMILES string of the molecule is CN(C)c1ccc([I+]c2ccc(N(C)C)cc2)cc1. The van der Waals surface area contributed by atoms with Gasteiger partial charge in [0, 0.05) is 39.6 Å². The van der Waals surface area contributed by atoms with Crippen LogP contribution in [0.15, 0.2) is 48.5 Å². The van der Waals surface area contributed by atoms with Crippen LogP contribution >= 0.6 is 0 Å². The van der Waals surface area contributed by atoms with Crippen LogP contribution in [-0.4, -0.2) is 28.2 Å². The zero-order valence-corrected chi connectivity index (χ0v) is 14.0. The topological polar surface area (TPSA) is 6.48 Å². The first-order valence-electron chi connectivity index (χ1n) is 6.26. The fourth-order valence-corrected chi connectivity index (χ4v) is 3.89. The molecule has 0 unspecified atom stereocenters. The van der Waals surface area contributed by atoms with Crippen molar-refractivity contribution in [2.24, 2.45) is 0 Å². The van der Waals surface area contributed by atoms with E-state index >= 15 is 0 Å². The zero-order chi connectivity index (χ0) is 13.8. The van der Waals surface area contributed by atoms with Gasteiger partial charge in [-0.15, -0.1) is 0 Å². The van der Waals surface area contributed by atoms with E-state index in [4.69, 9.17) is 0 Å². The van der Waals surface area contributed by atoms with Gasteiger partial charge in [-0.05, 0) is 48.5 Å². The van der Waals surface area contributed by atoms with Crippen molar-refractivity contribution < 1.29 is 21.2 Å². The molecule has 0 radical (unpaired) electrons. The Kier molecular flexibility index (Phi) is 4.69. The van der Waals surface area contributed by atoms with Gasteiger partial charge in [0.25, 0.3) is 0 Å². The Labute approximate surface area is 126 Å². The van der Waals surface area contributed by atoms with Crippen LogP contribution in [0.2, 0.25) is 0 Å². The molecule has 0 aliphatic heterocycles. The van der Waals surface area contributed by atoms with Gasteiger partial charge >= 0.3 is 21.2 Å². The van der Waals surface area contributed by atoms with Gasteiger partial charge in [-0.1, -0.05) is 0 Å². The molecule has 0 N–H and O–H groups in total. The average molecular weight is 367 g/mol. The molecule has 2 aromatic rings. The predicted octanol–water partition coefficient (Wildman–Crippen LogP) is -0.0530. The summed E-state index contributed by atoms with van der Waals surface area (Å²) in [6.45, 7) is 0. The average Bonchev–Trinajstić information content (AvgIpc) is 2.40. The highest BCUT2D eigenvalue weighted by Gasteiger charge is 2.15. The Morgan fingerprint density at radius 2 is 0.895 bits per heavy atom. The molecular weight excluding hydrogens is 347 g/mol. The number of rotatable bonds is 4. The Morgan fingerprint density at radius 3 is 1.16 bits per heavy atom. The second-order valence-corrected chi connectivity index (χ2v) is 7.87. The van der Waals surface area contributed by atoms with Gasteiger partial charge in [-0.3, -0.25) is 0 Å². The van der Waals surface area contributed by atoms with Crippen molar-refractivity contribution in [1.29, 1.82) is 0 Å². The second kappa shape index (κ2) is 6.28. The number of hydrogen-bond acceptors (Lipinski definition) is 2. The molecule has 19 heavy (non-hydrogen) atoms. The highest BCUT2D eigenvalue weighted by atomic mass is 127. The molecule has 2 aromatic carbocycles. The molecule has 0 saturated carbocycles. The minimum absolute atomic E-state index is 0.0736. The van der Waals surface area contributed by atoms with Crippen LogP contribution in [0.5, 0.6) is 0 Å². The molecule has 0 saturated heterocycles. The lowest BCUT2D eigenvalue weighted by atomic mass is 10.3. The summed E-state index contributed by atoms with van der Waals surface area (Å²) in [6.07, 6.45) is 0. The van der Waals surface area contributed by atoms with Gasteiger partial charge < -0.3 is 9.80 Å². The summed E-state index contributed by atoms with van der Waals surface area (Å²) in [7, 11) is 8.29. The van der Waals surface area contributed by atoms with E-state index in [0.29, 0.717) is 0 Å². The molecule has 0 bridgehead atoms. The third-order valence-electron chi connectivity index (χ3n) is 2.90. The van der Waals surface area contributed by atoms with Crippen LogP contribution in [0, 0.1) is 7.14 Å². The summed E-state index contributed by atoms with van der Waals surface area (Å²) in [5.41, 5.74) is 2.52. The van der Waals surface area contributed by atoms with Gasteiger partial charge in [0.1, 0.15) is 0 Å². The Hall–Kier alpha value is -1.23. The van der Waals surface area contributed by atoms with Crippen LogP contribution in [0.4, 0.5) is 11.4 Å². The summed E-state index contributed by atoms with van der Waals surface area (Å²) < 4.78 is 2.92.